The van der Waals surface area contributed by atoms with E-state index >= 15 is 0 Å². The number of anilines is 1. The van der Waals surface area contributed by atoms with Crippen molar-refractivity contribution in [3.8, 4) is 11.4 Å². The monoisotopic (exact) mass is 571 g/mol. The molecule has 4 aromatic rings. The number of thiocarbonyl (C=S) groups is 1. The molecule has 6 nitrogen and oxygen atoms in total. The van der Waals surface area contributed by atoms with Crippen molar-refractivity contribution in [2.24, 2.45) is 11.0 Å². The molecule has 0 aliphatic carbocycles. The smallest absolute Gasteiger partial charge is 0.406 e. The van der Waals surface area contributed by atoms with Crippen LogP contribution in [-0.4, -0.2) is 27.5 Å². The lowest BCUT2D eigenvalue weighted by Gasteiger charge is -2.12. The molecule has 1 heterocycles. The lowest BCUT2D eigenvalue weighted by Crippen LogP contribution is -2.24. The summed E-state index contributed by atoms with van der Waals surface area (Å²) < 4.78 is 42.5. The second-order valence-corrected chi connectivity index (χ2v) is 9.66. The zero-order chi connectivity index (χ0) is 29.9. The molecule has 0 unspecified atom stereocenters. The summed E-state index contributed by atoms with van der Waals surface area (Å²) in [4.78, 5) is 0. The molecule has 214 valence electrons. The van der Waals surface area contributed by atoms with E-state index in [-0.39, 0.29) is 5.75 Å². The Morgan fingerprint density at radius 3 is 2.17 bits per heavy atom. The average molecular weight is 572 g/mol. The van der Waals surface area contributed by atoms with Gasteiger partial charge < -0.3 is 10.1 Å². The van der Waals surface area contributed by atoms with Crippen LogP contribution in [0.1, 0.15) is 51.3 Å². The van der Waals surface area contributed by atoms with Crippen molar-refractivity contribution in [3.63, 3.8) is 0 Å². The first kappa shape index (κ1) is 32.3. The average Bonchev–Trinajstić information content (AvgIpc) is 3.30. The van der Waals surface area contributed by atoms with Gasteiger partial charge in [-0.3, -0.25) is 5.43 Å². The molecule has 10 heteroatoms. The van der Waals surface area contributed by atoms with Crippen LogP contribution in [0.4, 0.5) is 18.9 Å². The highest BCUT2D eigenvalue weighted by molar-refractivity contribution is 7.80. The fourth-order valence-electron chi connectivity index (χ4n) is 3.36. The van der Waals surface area contributed by atoms with Crippen LogP contribution < -0.4 is 15.5 Å². The molecule has 3 aromatic carbocycles. The van der Waals surface area contributed by atoms with Crippen LogP contribution in [0, 0.1) is 19.8 Å². The standard InChI is InChI=1S/C24H20F3N5OS.C4H10.C2H6/c1-15-4-3-5-16(2)22(15)29-23(34)30-28-13-17-6-7-18-14-32(31-21(18)12-17)19-8-10-20(11-9-19)33-24(25,26)27;1-4(2)3;1-2/h3-14H,1-2H3,(H2,29,30,34);4H,1-3H3;1-2H3/b28-13+;;. The number of nitrogens with one attached hydrogen (secondary N) is 2. The Balaban J connectivity index is 0.000000858. The number of hydrogen-bond donors (Lipinski definition) is 2. The minimum Gasteiger partial charge on any atom is -0.406 e. The van der Waals surface area contributed by atoms with E-state index < -0.39 is 6.36 Å². The summed E-state index contributed by atoms with van der Waals surface area (Å²) in [6.07, 6.45) is -1.31. The fourth-order valence-corrected chi connectivity index (χ4v) is 3.52. The van der Waals surface area contributed by atoms with Gasteiger partial charge in [-0.2, -0.15) is 10.2 Å². The predicted octanol–water partition coefficient (Wildman–Crippen LogP) is 8.55. The summed E-state index contributed by atoms with van der Waals surface area (Å²) in [6, 6.07) is 17.1. The lowest BCUT2D eigenvalue weighted by atomic mass is 10.1. The number of alkyl halides is 3. The Kier molecular flexibility index (Phi) is 12.1. The van der Waals surface area contributed by atoms with Crippen molar-refractivity contribution < 1.29 is 17.9 Å². The van der Waals surface area contributed by atoms with Crippen LogP contribution in [0.2, 0.25) is 0 Å². The maximum atomic E-state index is 12.3. The summed E-state index contributed by atoms with van der Waals surface area (Å²) in [5, 5.41) is 13.1. The number of hydrazone groups is 1. The Bertz CT molecular complexity index is 1390. The molecular weight excluding hydrogens is 535 g/mol. The molecule has 0 bridgehead atoms. The van der Waals surface area contributed by atoms with Crippen molar-refractivity contribution in [3.05, 3.63) is 83.6 Å². The van der Waals surface area contributed by atoms with Gasteiger partial charge in [0.15, 0.2) is 5.11 Å². The molecule has 0 spiro atoms. The van der Waals surface area contributed by atoms with Gasteiger partial charge in [0.05, 0.1) is 17.4 Å². The van der Waals surface area contributed by atoms with Gasteiger partial charge in [0.1, 0.15) is 5.75 Å². The zero-order valence-corrected chi connectivity index (χ0v) is 24.6. The number of fused-ring (bicyclic) bond motifs is 1. The summed E-state index contributed by atoms with van der Waals surface area (Å²) in [6.45, 7) is 14.5. The first-order chi connectivity index (χ1) is 18.9. The van der Waals surface area contributed by atoms with Crippen LogP contribution in [0.25, 0.3) is 16.6 Å². The van der Waals surface area contributed by atoms with Crippen molar-refractivity contribution in [1.29, 1.82) is 0 Å². The molecule has 40 heavy (non-hydrogen) atoms. The SMILES string of the molecule is CC.CC(C)C.Cc1cccc(C)c1NC(=S)N/N=C/c1ccc2cn(-c3ccc(OC(F)(F)F)cc3)nc2c1. The molecule has 1 aromatic heterocycles. The predicted molar refractivity (Wildman–Crippen MR) is 162 cm³/mol. The first-order valence-corrected chi connectivity index (χ1v) is 13.3. The second-order valence-electron chi connectivity index (χ2n) is 9.26. The highest BCUT2D eigenvalue weighted by Crippen LogP contribution is 2.24. The number of halogens is 3. The molecule has 0 atom stereocenters. The van der Waals surface area contributed by atoms with E-state index in [1.54, 1.807) is 17.1 Å². The zero-order valence-electron chi connectivity index (χ0n) is 23.8. The normalized spacial score (nSPS) is 11.0. The van der Waals surface area contributed by atoms with Crippen LogP contribution >= 0.6 is 12.2 Å². The van der Waals surface area contributed by atoms with Crippen molar-refractivity contribution in [1.82, 2.24) is 15.2 Å². The number of para-hydroxylation sites is 1. The minimum absolute atomic E-state index is 0.288. The lowest BCUT2D eigenvalue weighted by molar-refractivity contribution is -0.274. The fraction of sp³-hybridized carbons (Fsp3) is 0.300. The van der Waals surface area contributed by atoms with E-state index in [1.807, 2.05) is 64.1 Å². The molecular formula is C30H36F3N5OS. The van der Waals surface area contributed by atoms with E-state index in [0.717, 1.165) is 33.7 Å². The molecule has 0 saturated carbocycles. The minimum atomic E-state index is -4.73. The third kappa shape index (κ3) is 10.3. The van der Waals surface area contributed by atoms with Gasteiger partial charge >= 0.3 is 6.36 Å². The maximum absolute atomic E-state index is 12.3. The largest absolute Gasteiger partial charge is 0.573 e. The number of ether oxygens (including phenoxy) is 1. The highest BCUT2D eigenvalue weighted by atomic mass is 32.1. The molecule has 2 N–H and O–H groups in total. The van der Waals surface area contributed by atoms with E-state index in [1.165, 1.54) is 24.3 Å². The third-order valence-electron chi connectivity index (χ3n) is 4.97. The molecule has 0 amide bonds. The highest BCUT2D eigenvalue weighted by Gasteiger charge is 2.31. The van der Waals surface area contributed by atoms with E-state index in [4.69, 9.17) is 12.2 Å². The molecule has 4 rings (SSSR count). The van der Waals surface area contributed by atoms with Crippen LogP contribution in [-0.2, 0) is 0 Å². The summed E-state index contributed by atoms with van der Waals surface area (Å²) in [5.74, 6) is 0.545. The summed E-state index contributed by atoms with van der Waals surface area (Å²) in [5.41, 5.74) is 8.02. The van der Waals surface area contributed by atoms with Crippen LogP contribution in [0.5, 0.6) is 5.75 Å². The molecule has 0 fully saturated rings. The Morgan fingerprint density at radius 2 is 1.60 bits per heavy atom. The van der Waals surface area contributed by atoms with Crippen molar-refractivity contribution in [2.75, 3.05) is 5.32 Å². The number of nitrogens with zero attached hydrogens (tertiary/aromatic N) is 3. The number of hydrogen-bond acceptors (Lipinski definition) is 4. The molecule has 0 aliphatic heterocycles. The molecule has 0 saturated heterocycles. The van der Waals surface area contributed by atoms with Gasteiger partial charge in [-0.1, -0.05) is 65.0 Å². The van der Waals surface area contributed by atoms with Crippen LogP contribution in [0.3, 0.4) is 0 Å². The summed E-state index contributed by atoms with van der Waals surface area (Å²) in [7, 11) is 0. The number of benzene rings is 3. The van der Waals surface area contributed by atoms with Crippen molar-refractivity contribution in [2.45, 2.75) is 54.8 Å². The maximum Gasteiger partial charge on any atom is 0.573 e. The number of aromatic nitrogens is 2. The molecule has 0 radical (unpaired) electrons. The third-order valence-corrected chi connectivity index (χ3v) is 5.16. The number of aryl methyl sites for hydroxylation is 2. The first-order valence-electron chi connectivity index (χ1n) is 12.9. The Labute approximate surface area is 239 Å². The second kappa shape index (κ2) is 15.0. The van der Waals surface area contributed by atoms with Gasteiger partial charge in [-0.25, -0.2) is 4.68 Å². The van der Waals surface area contributed by atoms with Gasteiger partial charge in [0.2, 0.25) is 0 Å². The van der Waals surface area contributed by atoms with E-state index in [2.05, 4.69) is 46.5 Å². The quantitative estimate of drug-likeness (QED) is 0.143. The molecule has 0 aliphatic rings. The topological polar surface area (TPSA) is 63.5 Å². The van der Waals surface area contributed by atoms with Gasteiger partial charge in [0.25, 0.3) is 0 Å². The Hall–Kier alpha value is -3.92. The van der Waals surface area contributed by atoms with E-state index in [0.29, 0.717) is 16.3 Å². The number of rotatable bonds is 5. The summed E-state index contributed by atoms with van der Waals surface area (Å²) >= 11 is 5.32. The van der Waals surface area contributed by atoms with Crippen molar-refractivity contribution >= 4 is 40.1 Å². The van der Waals surface area contributed by atoms with Gasteiger partial charge in [0, 0.05) is 17.3 Å². The van der Waals surface area contributed by atoms with E-state index in [9.17, 15) is 13.2 Å². The Morgan fingerprint density at radius 1 is 1.00 bits per heavy atom. The van der Waals surface area contributed by atoms with Gasteiger partial charge in [-0.15, -0.1) is 13.2 Å². The van der Waals surface area contributed by atoms with Crippen LogP contribution in [0.15, 0.2) is 72.0 Å². The van der Waals surface area contributed by atoms with Gasteiger partial charge in [-0.05, 0) is 79.0 Å².